The molecule has 1 aliphatic rings. The molecule has 0 aromatic carbocycles. The van der Waals surface area contributed by atoms with Gasteiger partial charge in [-0.15, -0.1) is 0 Å². The fraction of sp³-hybridized carbons (Fsp3) is 0.900. The second-order valence-corrected chi connectivity index (χ2v) is 3.67. The van der Waals surface area contributed by atoms with Gasteiger partial charge in [0.2, 0.25) is 0 Å². The maximum absolute atomic E-state index is 10.9. The maximum atomic E-state index is 10.9. The summed E-state index contributed by atoms with van der Waals surface area (Å²) >= 11 is 0. The second kappa shape index (κ2) is 5.22. The fourth-order valence-electron chi connectivity index (χ4n) is 1.73. The first kappa shape index (κ1) is 10.5. The molecule has 13 heavy (non-hydrogen) atoms. The van der Waals surface area contributed by atoms with E-state index < -0.39 is 0 Å². The molecule has 1 N–H and O–H groups in total. The molecule has 0 aromatic heterocycles. The molecule has 0 spiro atoms. The second-order valence-electron chi connectivity index (χ2n) is 3.67. The van der Waals surface area contributed by atoms with Gasteiger partial charge in [0.05, 0.1) is 6.42 Å². The van der Waals surface area contributed by atoms with Crippen molar-refractivity contribution in [2.75, 3.05) is 6.61 Å². The molecular weight excluding hydrogens is 168 g/mol. The van der Waals surface area contributed by atoms with Crippen molar-refractivity contribution < 1.29 is 14.6 Å². The van der Waals surface area contributed by atoms with Crippen LogP contribution in [-0.2, 0) is 9.53 Å². The van der Waals surface area contributed by atoms with Crippen LogP contribution in [0.1, 0.15) is 39.0 Å². The van der Waals surface area contributed by atoms with E-state index in [1.54, 1.807) is 0 Å². The van der Waals surface area contributed by atoms with E-state index in [1.165, 1.54) is 12.8 Å². The zero-order valence-corrected chi connectivity index (χ0v) is 8.16. The first-order valence-corrected chi connectivity index (χ1v) is 5.08. The van der Waals surface area contributed by atoms with Crippen molar-refractivity contribution >= 4 is 5.97 Å². The number of carbonyl (C=O) groups is 1. The van der Waals surface area contributed by atoms with Crippen LogP contribution in [0.5, 0.6) is 0 Å². The zero-order valence-electron chi connectivity index (χ0n) is 8.16. The van der Waals surface area contributed by atoms with Gasteiger partial charge >= 0.3 is 5.97 Å². The lowest BCUT2D eigenvalue weighted by atomic mass is 9.98. The summed E-state index contributed by atoms with van der Waals surface area (Å²) in [6.45, 7) is 2.21. The summed E-state index contributed by atoms with van der Waals surface area (Å²) in [5.74, 6) is -0.107. The molecule has 1 fully saturated rings. The van der Waals surface area contributed by atoms with Gasteiger partial charge in [0.1, 0.15) is 6.10 Å². The number of hydrogen-bond donors (Lipinski definition) is 1. The van der Waals surface area contributed by atoms with E-state index in [2.05, 4.69) is 6.92 Å². The largest absolute Gasteiger partial charge is 0.462 e. The number of cyclic esters (lactones) is 1. The van der Waals surface area contributed by atoms with Crippen LogP contribution in [0, 0.1) is 5.92 Å². The molecule has 76 valence electrons. The Kier molecular flexibility index (Phi) is 4.22. The molecule has 0 aliphatic carbocycles. The lowest BCUT2D eigenvalue weighted by Gasteiger charge is -2.14. The summed E-state index contributed by atoms with van der Waals surface area (Å²) in [5, 5.41) is 8.98. The quantitative estimate of drug-likeness (QED) is 0.522. The van der Waals surface area contributed by atoms with E-state index in [1.807, 2.05) is 0 Å². The molecule has 1 rings (SSSR count). The number of ether oxygens (including phenoxy) is 1. The summed E-state index contributed by atoms with van der Waals surface area (Å²) in [6, 6.07) is 0. The predicted molar refractivity (Wildman–Crippen MR) is 49.2 cm³/mol. The number of esters is 1. The van der Waals surface area contributed by atoms with E-state index >= 15 is 0 Å². The average molecular weight is 186 g/mol. The minimum absolute atomic E-state index is 0.0240. The van der Waals surface area contributed by atoms with Crippen LogP contribution < -0.4 is 0 Å². The van der Waals surface area contributed by atoms with Gasteiger partial charge in [0.15, 0.2) is 0 Å². The molecule has 0 unspecified atom stereocenters. The molecular formula is C10H18O3. The van der Waals surface area contributed by atoms with Crippen LogP contribution in [0.3, 0.4) is 0 Å². The molecule has 2 atom stereocenters. The Morgan fingerprint density at radius 3 is 2.92 bits per heavy atom. The monoisotopic (exact) mass is 186 g/mol. The predicted octanol–water partition coefficient (Wildman–Crippen LogP) is 1.49. The van der Waals surface area contributed by atoms with Crippen LogP contribution in [0.2, 0.25) is 0 Å². The van der Waals surface area contributed by atoms with Crippen molar-refractivity contribution in [1.29, 1.82) is 0 Å². The van der Waals surface area contributed by atoms with Crippen LogP contribution >= 0.6 is 0 Å². The Morgan fingerprint density at radius 1 is 1.54 bits per heavy atom. The molecule has 3 heteroatoms. The van der Waals surface area contributed by atoms with Crippen molar-refractivity contribution in [3.05, 3.63) is 0 Å². The number of aliphatic hydroxyl groups is 1. The normalized spacial score (nSPS) is 27.7. The first-order valence-electron chi connectivity index (χ1n) is 5.08. The van der Waals surface area contributed by atoms with E-state index in [0.717, 1.165) is 12.8 Å². The lowest BCUT2D eigenvalue weighted by Crippen LogP contribution is -2.19. The van der Waals surface area contributed by atoms with Gasteiger partial charge in [-0.1, -0.05) is 19.8 Å². The third-order valence-corrected chi connectivity index (χ3v) is 2.56. The fourth-order valence-corrected chi connectivity index (χ4v) is 1.73. The van der Waals surface area contributed by atoms with E-state index in [9.17, 15) is 4.79 Å². The van der Waals surface area contributed by atoms with Gasteiger partial charge in [-0.05, 0) is 12.8 Å². The highest BCUT2D eigenvalue weighted by Gasteiger charge is 2.33. The highest BCUT2D eigenvalue weighted by atomic mass is 16.6. The summed E-state index contributed by atoms with van der Waals surface area (Å²) in [7, 11) is 0. The molecule has 0 saturated carbocycles. The Morgan fingerprint density at radius 2 is 2.31 bits per heavy atom. The summed E-state index contributed by atoms with van der Waals surface area (Å²) in [6.07, 6.45) is 4.71. The molecule has 0 aromatic rings. The Bertz CT molecular complexity index is 168. The Hall–Kier alpha value is -0.570. The zero-order chi connectivity index (χ0) is 9.68. The van der Waals surface area contributed by atoms with Crippen molar-refractivity contribution in [1.82, 2.24) is 0 Å². The number of rotatable bonds is 5. The lowest BCUT2D eigenvalue weighted by molar-refractivity contribution is -0.141. The third kappa shape index (κ3) is 2.99. The molecule has 1 heterocycles. The van der Waals surface area contributed by atoms with Crippen molar-refractivity contribution in [3.8, 4) is 0 Å². The van der Waals surface area contributed by atoms with Gasteiger partial charge in [-0.3, -0.25) is 4.79 Å². The highest BCUT2D eigenvalue weighted by molar-refractivity contribution is 5.72. The molecule has 1 aliphatic heterocycles. The Balaban J connectivity index is 2.27. The van der Waals surface area contributed by atoms with E-state index in [-0.39, 0.29) is 24.6 Å². The van der Waals surface area contributed by atoms with E-state index in [0.29, 0.717) is 6.42 Å². The number of unbranched alkanes of at least 4 members (excludes halogenated alkanes) is 2. The van der Waals surface area contributed by atoms with Crippen molar-refractivity contribution in [3.63, 3.8) is 0 Å². The van der Waals surface area contributed by atoms with Crippen molar-refractivity contribution in [2.45, 2.75) is 45.1 Å². The number of carbonyl (C=O) groups excluding carboxylic acids is 1. The molecule has 0 radical (unpaired) electrons. The van der Waals surface area contributed by atoms with Crippen LogP contribution in [0.25, 0.3) is 0 Å². The summed E-state index contributed by atoms with van der Waals surface area (Å²) < 4.78 is 5.11. The van der Waals surface area contributed by atoms with Gasteiger partial charge in [-0.25, -0.2) is 0 Å². The van der Waals surface area contributed by atoms with Crippen LogP contribution in [0.15, 0.2) is 0 Å². The van der Waals surface area contributed by atoms with E-state index in [4.69, 9.17) is 9.84 Å². The SMILES string of the molecule is CCCCC[C@H]1OC(=O)C[C@H]1CO. The first-order chi connectivity index (χ1) is 6.27. The average Bonchev–Trinajstić information content (AvgIpc) is 2.47. The maximum Gasteiger partial charge on any atom is 0.306 e. The minimum Gasteiger partial charge on any atom is -0.462 e. The van der Waals surface area contributed by atoms with Crippen molar-refractivity contribution in [2.24, 2.45) is 5.92 Å². The number of hydrogen-bond acceptors (Lipinski definition) is 3. The Labute approximate surface area is 79.1 Å². The summed E-state index contributed by atoms with van der Waals surface area (Å²) in [5.41, 5.74) is 0. The van der Waals surface area contributed by atoms with Crippen LogP contribution in [0.4, 0.5) is 0 Å². The number of aliphatic hydroxyl groups excluding tert-OH is 1. The summed E-state index contributed by atoms with van der Waals surface area (Å²) in [4.78, 5) is 10.9. The van der Waals surface area contributed by atoms with Gasteiger partial charge in [0.25, 0.3) is 0 Å². The topological polar surface area (TPSA) is 46.5 Å². The minimum atomic E-state index is -0.152. The van der Waals surface area contributed by atoms with Gasteiger partial charge in [0, 0.05) is 12.5 Å². The van der Waals surface area contributed by atoms with Crippen LogP contribution in [-0.4, -0.2) is 23.8 Å². The smallest absolute Gasteiger partial charge is 0.306 e. The third-order valence-electron chi connectivity index (χ3n) is 2.56. The standard InChI is InChI=1S/C10H18O3/c1-2-3-4-5-9-8(7-11)6-10(12)13-9/h8-9,11H,2-7H2,1H3/t8-,9+/m0/s1. The molecule has 0 amide bonds. The highest BCUT2D eigenvalue weighted by Crippen LogP contribution is 2.25. The molecule has 1 saturated heterocycles. The molecule has 0 bridgehead atoms. The molecule has 3 nitrogen and oxygen atoms in total. The van der Waals surface area contributed by atoms with Gasteiger partial charge in [-0.2, -0.15) is 0 Å². The van der Waals surface area contributed by atoms with Gasteiger partial charge < -0.3 is 9.84 Å².